The molecule has 1 aromatic carbocycles. The highest BCUT2D eigenvalue weighted by molar-refractivity contribution is 6.33. The van der Waals surface area contributed by atoms with E-state index in [1.54, 1.807) is 12.3 Å². The summed E-state index contributed by atoms with van der Waals surface area (Å²) in [6, 6.07) is 9.76. The fourth-order valence-corrected chi connectivity index (χ4v) is 3.59. The van der Waals surface area contributed by atoms with Crippen LogP contribution < -0.4 is 11.1 Å². The fraction of sp³-hybridized carbons (Fsp3) is 0.316. The molecular weight excluding hydrogens is 350 g/mol. The third kappa shape index (κ3) is 3.43. The Morgan fingerprint density at radius 2 is 1.85 bits per heavy atom. The zero-order chi connectivity index (χ0) is 18.1. The Labute approximate surface area is 156 Å². The van der Waals surface area contributed by atoms with E-state index < -0.39 is 0 Å². The maximum Gasteiger partial charge on any atom is 0.224 e. The molecule has 0 atom stereocenters. The van der Waals surface area contributed by atoms with Gasteiger partial charge in [-0.1, -0.05) is 29.8 Å². The van der Waals surface area contributed by atoms with Gasteiger partial charge in [-0.05, 0) is 37.8 Å². The van der Waals surface area contributed by atoms with Crippen molar-refractivity contribution >= 4 is 28.6 Å². The second-order valence-corrected chi connectivity index (χ2v) is 7.11. The molecule has 1 saturated carbocycles. The van der Waals surface area contributed by atoms with Crippen molar-refractivity contribution in [3.05, 3.63) is 41.6 Å². The summed E-state index contributed by atoms with van der Waals surface area (Å²) in [5.41, 5.74) is 7.68. The Balaban J connectivity index is 1.63. The van der Waals surface area contributed by atoms with E-state index in [4.69, 9.17) is 17.3 Å². The summed E-state index contributed by atoms with van der Waals surface area (Å²) in [6.07, 6.45) is 5.74. The van der Waals surface area contributed by atoms with Gasteiger partial charge in [0.15, 0.2) is 5.65 Å². The van der Waals surface area contributed by atoms with Crippen LogP contribution in [0.3, 0.4) is 0 Å². The molecule has 0 spiro atoms. The fourth-order valence-electron chi connectivity index (χ4n) is 3.35. The van der Waals surface area contributed by atoms with E-state index in [2.05, 4.69) is 20.3 Å². The summed E-state index contributed by atoms with van der Waals surface area (Å²) in [5.74, 6) is 0.425. The minimum Gasteiger partial charge on any atom is -0.493 e. The predicted molar refractivity (Wildman–Crippen MR) is 103 cm³/mol. The topological polar surface area (TPSA) is 97.0 Å². The van der Waals surface area contributed by atoms with E-state index in [1.165, 1.54) is 0 Å². The lowest BCUT2D eigenvalue weighted by Crippen LogP contribution is -2.33. The van der Waals surface area contributed by atoms with Gasteiger partial charge in [-0.25, -0.2) is 4.98 Å². The van der Waals surface area contributed by atoms with Gasteiger partial charge in [0, 0.05) is 39.8 Å². The summed E-state index contributed by atoms with van der Waals surface area (Å²) < 4.78 is 0. The summed E-state index contributed by atoms with van der Waals surface area (Å²) in [7, 11) is 0. The molecular formula is C19H20ClN5O. The molecule has 7 heteroatoms. The summed E-state index contributed by atoms with van der Waals surface area (Å²) in [4.78, 5) is 13.1. The highest BCUT2D eigenvalue weighted by Gasteiger charge is 2.19. The molecule has 0 unspecified atom stereocenters. The number of pyridine rings is 1. The Bertz CT molecular complexity index is 940. The van der Waals surface area contributed by atoms with Crippen molar-refractivity contribution in [2.75, 3.05) is 5.32 Å². The van der Waals surface area contributed by atoms with Crippen molar-refractivity contribution in [3.63, 3.8) is 0 Å². The van der Waals surface area contributed by atoms with Crippen molar-refractivity contribution in [1.29, 1.82) is 0 Å². The van der Waals surface area contributed by atoms with Gasteiger partial charge in [0.1, 0.15) is 0 Å². The normalized spacial score (nSPS) is 20.2. The first-order valence-electron chi connectivity index (χ1n) is 8.74. The largest absolute Gasteiger partial charge is 0.493 e. The number of aromatic nitrogens is 3. The van der Waals surface area contributed by atoms with Gasteiger partial charge in [0.05, 0.1) is 0 Å². The van der Waals surface area contributed by atoms with Gasteiger partial charge < -0.3 is 16.2 Å². The number of nitrogens with zero attached hydrogens (tertiary/aromatic N) is 3. The number of benzene rings is 1. The lowest BCUT2D eigenvalue weighted by atomic mass is 9.92. The van der Waals surface area contributed by atoms with E-state index in [0.717, 1.165) is 36.6 Å². The maximum absolute atomic E-state index is 10.4. The summed E-state index contributed by atoms with van der Waals surface area (Å²) >= 11 is 6.24. The molecule has 2 heterocycles. The van der Waals surface area contributed by atoms with Crippen LogP contribution in [0.15, 0.2) is 36.5 Å². The van der Waals surface area contributed by atoms with Crippen LogP contribution in [0.5, 0.6) is 5.88 Å². The number of nitrogens with two attached hydrogens (primary N) is 1. The van der Waals surface area contributed by atoms with Crippen molar-refractivity contribution in [1.82, 2.24) is 15.0 Å². The number of hydrogen-bond acceptors (Lipinski definition) is 6. The number of rotatable bonds is 3. The number of halogens is 1. The highest BCUT2D eigenvalue weighted by Crippen LogP contribution is 2.34. The molecule has 6 nitrogen and oxygen atoms in total. The Hall–Kier alpha value is -2.44. The van der Waals surface area contributed by atoms with Crippen LogP contribution >= 0.6 is 11.6 Å². The first kappa shape index (κ1) is 17.0. The molecule has 1 aliphatic carbocycles. The lowest BCUT2D eigenvalue weighted by Gasteiger charge is -2.26. The molecule has 4 rings (SSSR count). The number of anilines is 1. The average molecular weight is 370 g/mol. The molecule has 0 bridgehead atoms. The highest BCUT2D eigenvalue weighted by atomic mass is 35.5. The maximum atomic E-state index is 10.4. The molecule has 3 aromatic rings. The van der Waals surface area contributed by atoms with Crippen molar-refractivity contribution in [2.45, 2.75) is 37.8 Å². The molecule has 1 fully saturated rings. The second-order valence-electron chi connectivity index (χ2n) is 6.70. The molecule has 134 valence electrons. The molecule has 0 radical (unpaired) electrons. The standard InChI is InChI=1S/C19H20ClN5O/c20-16-4-2-1-3-14(16)15-9-11-10-22-19(25-17(11)24-18(15)26)23-13-7-5-12(21)6-8-13/h1-4,9-10,12-13H,5-8,21H2,(H2,22,23,24,25,26). The smallest absolute Gasteiger partial charge is 0.224 e. The third-order valence-corrected chi connectivity index (χ3v) is 5.15. The SMILES string of the molecule is NC1CCC(Nc2ncc3cc(-c4ccccc4Cl)c(O)nc3n2)CC1. The molecule has 26 heavy (non-hydrogen) atoms. The van der Waals surface area contributed by atoms with E-state index in [0.29, 0.717) is 34.3 Å². The molecule has 0 saturated heterocycles. The van der Waals surface area contributed by atoms with Crippen molar-refractivity contribution in [3.8, 4) is 17.0 Å². The molecule has 1 aliphatic rings. The Kier molecular flexibility index (Phi) is 4.61. The molecule has 0 aliphatic heterocycles. The first-order chi connectivity index (χ1) is 12.6. The van der Waals surface area contributed by atoms with Gasteiger partial charge in [-0.15, -0.1) is 0 Å². The molecule has 2 aromatic heterocycles. The Morgan fingerprint density at radius 1 is 1.08 bits per heavy atom. The zero-order valence-electron chi connectivity index (χ0n) is 14.2. The minimum atomic E-state index is -0.0983. The predicted octanol–water partition coefficient (Wildman–Crippen LogP) is 3.73. The van der Waals surface area contributed by atoms with Crippen LogP contribution in [0.2, 0.25) is 5.02 Å². The minimum absolute atomic E-state index is 0.0983. The lowest BCUT2D eigenvalue weighted by molar-refractivity contribution is 0.410. The van der Waals surface area contributed by atoms with Crippen LogP contribution in [0, 0.1) is 0 Å². The van der Waals surface area contributed by atoms with Gasteiger partial charge in [-0.2, -0.15) is 9.97 Å². The monoisotopic (exact) mass is 369 g/mol. The average Bonchev–Trinajstić information content (AvgIpc) is 2.64. The van der Waals surface area contributed by atoms with E-state index >= 15 is 0 Å². The van der Waals surface area contributed by atoms with Crippen LogP contribution in [0.4, 0.5) is 5.95 Å². The first-order valence-corrected chi connectivity index (χ1v) is 9.12. The third-order valence-electron chi connectivity index (χ3n) is 4.82. The van der Waals surface area contributed by atoms with Crippen LogP contribution in [-0.4, -0.2) is 32.1 Å². The number of hydrogen-bond donors (Lipinski definition) is 3. The van der Waals surface area contributed by atoms with Gasteiger partial charge in [-0.3, -0.25) is 0 Å². The van der Waals surface area contributed by atoms with Crippen molar-refractivity contribution < 1.29 is 5.11 Å². The zero-order valence-corrected chi connectivity index (χ0v) is 14.9. The van der Waals surface area contributed by atoms with Gasteiger partial charge in [0.2, 0.25) is 11.8 Å². The van der Waals surface area contributed by atoms with Crippen LogP contribution in [-0.2, 0) is 0 Å². The van der Waals surface area contributed by atoms with E-state index in [-0.39, 0.29) is 5.88 Å². The quantitative estimate of drug-likeness (QED) is 0.650. The van der Waals surface area contributed by atoms with Gasteiger partial charge >= 0.3 is 0 Å². The number of fused-ring (bicyclic) bond motifs is 1. The molecule has 0 amide bonds. The van der Waals surface area contributed by atoms with Crippen LogP contribution in [0.1, 0.15) is 25.7 Å². The summed E-state index contributed by atoms with van der Waals surface area (Å²) in [5, 5.41) is 15.0. The van der Waals surface area contributed by atoms with Crippen molar-refractivity contribution in [2.24, 2.45) is 5.73 Å². The number of aromatic hydroxyl groups is 1. The Morgan fingerprint density at radius 3 is 2.62 bits per heavy atom. The van der Waals surface area contributed by atoms with Crippen LogP contribution in [0.25, 0.3) is 22.2 Å². The van der Waals surface area contributed by atoms with Gasteiger partial charge in [0.25, 0.3) is 0 Å². The summed E-state index contributed by atoms with van der Waals surface area (Å²) in [6.45, 7) is 0. The van der Waals surface area contributed by atoms with E-state index in [1.807, 2.05) is 24.3 Å². The number of nitrogens with one attached hydrogen (secondary N) is 1. The molecule has 4 N–H and O–H groups in total. The second kappa shape index (κ2) is 7.05. The van der Waals surface area contributed by atoms with E-state index in [9.17, 15) is 5.11 Å².